The van der Waals surface area contributed by atoms with Crippen LogP contribution in [-0.2, 0) is 13.0 Å². The molecule has 20 heavy (non-hydrogen) atoms. The molecule has 1 unspecified atom stereocenters. The minimum atomic E-state index is 0.128. The van der Waals surface area contributed by atoms with Gasteiger partial charge >= 0.3 is 0 Å². The number of pyridine rings is 2. The third-order valence-electron chi connectivity index (χ3n) is 3.12. The van der Waals surface area contributed by atoms with Crippen LogP contribution in [0.25, 0.3) is 0 Å². The van der Waals surface area contributed by atoms with Gasteiger partial charge in [-0.2, -0.15) is 0 Å². The van der Waals surface area contributed by atoms with E-state index >= 15 is 0 Å². The highest BCUT2D eigenvalue weighted by molar-refractivity contribution is 5.46. The lowest BCUT2D eigenvalue weighted by atomic mass is 10.1. The molecule has 0 amide bonds. The summed E-state index contributed by atoms with van der Waals surface area (Å²) in [5, 5.41) is 0. The molecule has 2 N–H and O–H groups in total. The number of aryl methyl sites for hydroxylation is 1. The van der Waals surface area contributed by atoms with Gasteiger partial charge in [0.05, 0.1) is 12.2 Å². The summed E-state index contributed by atoms with van der Waals surface area (Å²) in [6.07, 6.45) is 2.65. The van der Waals surface area contributed by atoms with Gasteiger partial charge in [-0.3, -0.25) is 4.98 Å². The highest BCUT2D eigenvalue weighted by Gasteiger charge is 2.11. The van der Waals surface area contributed by atoms with Crippen LogP contribution in [0.4, 0.5) is 5.82 Å². The lowest BCUT2D eigenvalue weighted by Gasteiger charge is -2.21. The molecular formula is C16H22N4. The molecule has 2 rings (SSSR count). The lowest BCUT2D eigenvalue weighted by Crippen LogP contribution is -2.23. The number of rotatable bonds is 5. The molecule has 2 aromatic rings. The van der Waals surface area contributed by atoms with Gasteiger partial charge in [0.2, 0.25) is 0 Å². The molecular weight excluding hydrogens is 248 g/mol. The van der Waals surface area contributed by atoms with Crippen molar-refractivity contribution in [3.63, 3.8) is 0 Å². The minimum Gasteiger partial charge on any atom is -0.354 e. The van der Waals surface area contributed by atoms with E-state index in [4.69, 9.17) is 5.73 Å². The van der Waals surface area contributed by atoms with Crippen LogP contribution in [-0.4, -0.2) is 23.1 Å². The van der Waals surface area contributed by atoms with Gasteiger partial charge in [0, 0.05) is 25.0 Å². The van der Waals surface area contributed by atoms with Crippen molar-refractivity contribution in [2.24, 2.45) is 5.73 Å². The maximum absolute atomic E-state index is 5.91. The Morgan fingerprint density at radius 1 is 1.25 bits per heavy atom. The number of anilines is 1. The number of aromatic nitrogens is 2. The second-order valence-electron chi connectivity index (χ2n) is 5.29. The SMILES string of the molecule is Cc1cccc(CN(C)c2ncccc2CC(C)N)n1. The Bertz CT molecular complexity index is 566. The first-order valence-corrected chi connectivity index (χ1v) is 6.89. The molecule has 0 saturated heterocycles. The Morgan fingerprint density at radius 2 is 2.05 bits per heavy atom. The van der Waals surface area contributed by atoms with Gasteiger partial charge in [-0.25, -0.2) is 4.98 Å². The molecule has 0 aliphatic heterocycles. The fourth-order valence-corrected chi connectivity index (χ4v) is 2.29. The van der Waals surface area contributed by atoms with Crippen LogP contribution in [0, 0.1) is 6.92 Å². The summed E-state index contributed by atoms with van der Waals surface area (Å²) in [6, 6.07) is 10.3. The van der Waals surface area contributed by atoms with E-state index in [-0.39, 0.29) is 6.04 Å². The molecule has 4 nitrogen and oxygen atoms in total. The van der Waals surface area contributed by atoms with Crippen LogP contribution in [0.5, 0.6) is 0 Å². The van der Waals surface area contributed by atoms with Crippen molar-refractivity contribution < 1.29 is 0 Å². The number of hydrogen-bond acceptors (Lipinski definition) is 4. The first-order chi connectivity index (χ1) is 9.56. The zero-order chi connectivity index (χ0) is 14.5. The van der Waals surface area contributed by atoms with E-state index in [2.05, 4.69) is 20.9 Å². The van der Waals surface area contributed by atoms with Crippen molar-refractivity contribution in [1.82, 2.24) is 9.97 Å². The average molecular weight is 270 g/mol. The average Bonchev–Trinajstić information content (AvgIpc) is 2.38. The van der Waals surface area contributed by atoms with E-state index in [1.165, 1.54) is 5.56 Å². The van der Waals surface area contributed by atoms with Crippen molar-refractivity contribution in [2.45, 2.75) is 32.9 Å². The normalized spacial score (nSPS) is 12.2. The molecule has 0 spiro atoms. The van der Waals surface area contributed by atoms with E-state index in [0.717, 1.165) is 30.2 Å². The second kappa shape index (κ2) is 6.48. The minimum absolute atomic E-state index is 0.128. The first kappa shape index (κ1) is 14.5. The smallest absolute Gasteiger partial charge is 0.131 e. The van der Waals surface area contributed by atoms with Crippen molar-refractivity contribution in [1.29, 1.82) is 0 Å². The van der Waals surface area contributed by atoms with Gasteiger partial charge in [0.15, 0.2) is 0 Å². The molecule has 0 bridgehead atoms. The number of hydrogen-bond donors (Lipinski definition) is 1. The zero-order valence-corrected chi connectivity index (χ0v) is 12.4. The van der Waals surface area contributed by atoms with Gasteiger partial charge in [-0.05, 0) is 44.0 Å². The molecule has 0 aromatic carbocycles. The summed E-state index contributed by atoms with van der Waals surface area (Å²) < 4.78 is 0. The summed E-state index contributed by atoms with van der Waals surface area (Å²) in [7, 11) is 2.04. The fourth-order valence-electron chi connectivity index (χ4n) is 2.29. The predicted octanol–water partition coefficient (Wildman–Crippen LogP) is 2.31. The summed E-state index contributed by atoms with van der Waals surface area (Å²) in [5.74, 6) is 0.980. The Balaban J connectivity index is 2.18. The molecule has 2 heterocycles. The second-order valence-corrected chi connectivity index (χ2v) is 5.29. The fraction of sp³-hybridized carbons (Fsp3) is 0.375. The van der Waals surface area contributed by atoms with Gasteiger partial charge < -0.3 is 10.6 Å². The van der Waals surface area contributed by atoms with Crippen LogP contribution in [0.2, 0.25) is 0 Å². The van der Waals surface area contributed by atoms with E-state index in [0.29, 0.717) is 0 Å². The Labute approximate surface area is 120 Å². The topological polar surface area (TPSA) is 55.0 Å². The molecule has 1 atom stereocenters. The van der Waals surface area contributed by atoms with Crippen LogP contribution in [0.15, 0.2) is 36.5 Å². The molecule has 0 radical (unpaired) electrons. The maximum atomic E-state index is 5.91. The number of nitrogens with two attached hydrogens (primary N) is 1. The van der Waals surface area contributed by atoms with Crippen LogP contribution >= 0.6 is 0 Å². The zero-order valence-electron chi connectivity index (χ0n) is 12.4. The third kappa shape index (κ3) is 3.78. The molecule has 106 valence electrons. The van der Waals surface area contributed by atoms with Gasteiger partial charge in [-0.15, -0.1) is 0 Å². The Hall–Kier alpha value is -1.94. The lowest BCUT2D eigenvalue weighted by molar-refractivity contribution is 0.729. The van der Waals surface area contributed by atoms with Crippen molar-refractivity contribution in [3.05, 3.63) is 53.5 Å². The van der Waals surface area contributed by atoms with Gasteiger partial charge in [0.25, 0.3) is 0 Å². The molecule has 4 heteroatoms. The Morgan fingerprint density at radius 3 is 2.75 bits per heavy atom. The van der Waals surface area contributed by atoms with Crippen LogP contribution < -0.4 is 10.6 Å². The van der Waals surface area contributed by atoms with E-state index in [1.807, 2.05) is 51.4 Å². The summed E-state index contributed by atoms with van der Waals surface area (Å²) in [5.41, 5.74) is 9.17. The summed E-state index contributed by atoms with van der Waals surface area (Å²) in [4.78, 5) is 11.2. The van der Waals surface area contributed by atoms with Crippen molar-refractivity contribution >= 4 is 5.82 Å². The molecule has 2 aromatic heterocycles. The number of nitrogens with zero attached hydrogens (tertiary/aromatic N) is 3. The van der Waals surface area contributed by atoms with Gasteiger partial charge in [0.1, 0.15) is 5.82 Å². The van der Waals surface area contributed by atoms with Crippen molar-refractivity contribution in [2.75, 3.05) is 11.9 Å². The largest absolute Gasteiger partial charge is 0.354 e. The molecule has 0 aliphatic rings. The molecule has 0 fully saturated rings. The monoisotopic (exact) mass is 270 g/mol. The van der Waals surface area contributed by atoms with Gasteiger partial charge in [-0.1, -0.05) is 12.1 Å². The highest BCUT2D eigenvalue weighted by atomic mass is 15.2. The van der Waals surface area contributed by atoms with E-state index in [9.17, 15) is 0 Å². The maximum Gasteiger partial charge on any atom is 0.131 e. The van der Waals surface area contributed by atoms with E-state index in [1.54, 1.807) is 0 Å². The first-order valence-electron chi connectivity index (χ1n) is 6.89. The third-order valence-corrected chi connectivity index (χ3v) is 3.12. The standard InChI is InChI=1S/C16H22N4/c1-12(17)10-14-7-5-9-18-16(14)20(3)11-15-8-4-6-13(2)19-15/h4-9,12H,10-11,17H2,1-3H3. The Kier molecular flexibility index (Phi) is 4.69. The summed E-state index contributed by atoms with van der Waals surface area (Å²) >= 11 is 0. The predicted molar refractivity (Wildman–Crippen MR) is 82.7 cm³/mol. The van der Waals surface area contributed by atoms with E-state index < -0.39 is 0 Å². The summed E-state index contributed by atoms with van der Waals surface area (Å²) in [6.45, 7) is 4.76. The quantitative estimate of drug-likeness (QED) is 0.906. The van der Waals surface area contributed by atoms with Crippen molar-refractivity contribution in [3.8, 4) is 0 Å². The molecule has 0 aliphatic carbocycles. The molecule has 0 saturated carbocycles. The highest BCUT2D eigenvalue weighted by Crippen LogP contribution is 2.19. The van der Waals surface area contributed by atoms with Crippen LogP contribution in [0.1, 0.15) is 23.9 Å². The van der Waals surface area contributed by atoms with Crippen LogP contribution in [0.3, 0.4) is 0 Å².